The maximum Gasteiger partial charge on any atom is 0.305 e. The van der Waals surface area contributed by atoms with E-state index in [-0.39, 0.29) is 18.4 Å². The lowest BCUT2D eigenvalue weighted by Gasteiger charge is -2.33. The molecule has 4 rings (SSSR count). The van der Waals surface area contributed by atoms with Crippen molar-refractivity contribution in [2.24, 2.45) is 11.8 Å². The highest BCUT2D eigenvalue weighted by Crippen LogP contribution is 2.29. The number of piperidine rings is 2. The molecule has 2 aliphatic rings. The number of carboxylic acid groups (broad SMARTS) is 1. The summed E-state index contributed by atoms with van der Waals surface area (Å²) in [5.41, 5.74) is 0.443. The van der Waals surface area contributed by atoms with E-state index >= 15 is 0 Å². The van der Waals surface area contributed by atoms with Crippen molar-refractivity contribution in [2.45, 2.75) is 51.0 Å². The molecule has 1 aromatic carbocycles. The number of carboxylic acids is 1. The first kappa shape index (κ1) is 29.1. The molecule has 2 saturated heterocycles. The van der Waals surface area contributed by atoms with Crippen molar-refractivity contribution in [1.29, 1.82) is 0 Å². The van der Waals surface area contributed by atoms with Gasteiger partial charge in [-0.15, -0.1) is 0 Å². The summed E-state index contributed by atoms with van der Waals surface area (Å²) in [6.45, 7) is 2.84. The first-order valence-electron chi connectivity index (χ1n) is 13.6. The molecule has 0 unspecified atom stereocenters. The van der Waals surface area contributed by atoms with Gasteiger partial charge in [0.2, 0.25) is 17.6 Å². The monoisotopic (exact) mass is 555 g/mol. The maximum absolute atomic E-state index is 13.8. The highest BCUT2D eigenvalue weighted by Gasteiger charge is 2.31. The lowest BCUT2D eigenvalue weighted by Crippen LogP contribution is -2.46. The molecule has 0 saturated carbocycles. The Morgan fingerprint density at radius 1 is 1.18 bits per heavy atom. The Morgan fingerprint density at radius 2 is 1.95 bits per heavy atom. The number of rotatable bonds is 10. The standard InChI is InChI=1S/C28H34FN5O6/c29-23-5-4-19(13-25(23)34(39)40)21-12-22(16-31-15-21)24(14-27(36)37)32-28(38)20-2-1-11-33(17-20)26(35)6-3-18-7-9-30-10-8-18/h4-5,12-13,15-16,18,20,24,30H,1-3,6-11,14,17H2,(H,32,38)(H,36,37)/t20-,24+/m1/s1. The van der Waals surface area contributed by atoms with Crippen molar-refractivity contribution < 1.29 is 28.8 Å². The number of nitro groups is 1. The van der Waals surface area contributed by atoms with E-state index in [9.17, 15) is 34.0 Å². The van der Waals surface area contributed by atoms with Crippen LogP contribution >= 0.6 is 0 Å². The van der Waals surface area contributed by atoms with Crippen LogP contribution in [0, 0.1) is 27.8 Å². The molecule has 214 valence electrons. The Hall–Kier alpha value is -3.93. The molecule has 2 fully saturated rings. The van der Waals surface area contributed by atoms with E-state index in [4.69, 9.17) is 0 Å². The molecule has 3 N–H and O–H groups in total. The third kappa shape index (κ3) is 7.59. The van der Waals surface area contributed by atoms with Crippen molar-refractivity contribution in [3.63, 3.8) is 0 Å². The van der Waals surface area contributed by atoms with E-state index in [0.717, 1.165) is 44.5 Å². The van der Waals surface area contributed by atoms with Crippen LogP contribution in [0.15, 0.2) is 36.7 Å². The van der Waals surface area contributed by atoms with Crippen LogP contribution in [0.5, 0.6) is 0 Å². The molecule has 2 aromatic rings. The van der Waals surface area contributed by atoms with E-state index in [1.807, 2.05) is 0 Å². The van der Waals surface area contributed by atoms with Gasteiger partial charge < -0.3 is 20.6 Å². The van der Waals surface area contributed by atoms with Crippen molar-refractivity contribution in [3.05, 3.63) is 58.2 Å². The Labute approximate surface area is 231 Å². The number of nitrogens with zero attached hydrogens (tertiary/aromatic N) is 3. The fourth-order valence-electron chi connectivity index (χ4n) is 5.43. The molecule has 0 radical (unpaired) electrons. The summed E-state index contributed by atoms with van der Waals surface area (Å²) in [6, 6.07) is 4.10. The Morgan fingerprint density at radius 3 is 2.67 bits per heavy atom. The fraction of sp³-hybridized carbons (Fsp3) is 0.500. The summed E-state index contributed by atoms with van der Waals surface area (Å²) in [7, 11) is 0. The second kappa shape index (κ2) is 13.4. The van der Waals surface area contributed by atoms with Gasteiger partial charge in [-0.3, -0.25) is 29.5 Å². The summed E-state index contributed by atoms with van der Waals surface area (Å²) < 4.78 is 13.8. The van der Waals surface area contributed by atoms with Crippen molar-refractivity contribution in [2.75, 3.05) is 26.2 Å². The van der Waals surface area contributed by atoms with Gasteiger partial charge in [0, 0.05) is 43.5 Å². The zero-order valence-corrected chi connectivity index (χ0v) is 22.2. The van der Waals surface area contributed by atoms with Gasteiger partial charge in [-0.05, 0) is 74.4 Å². The van der Waals surface area contributed by atoms with Crippen LogP contribution in [-0.4, -0.2) is 63.9 Å². The fourth-order valence-corrected chi connectivity index (χ4v) is 5.43. The number of hydrogen-bond acceptors (Lipinski definition) is 7. The number of aromatic nitrogens is 1. The van der Waals surface area contributed by atoms with Crippen LogP contribution in [0.25, 0.3) is 11.1 Å². The molecular formula is C28H34FN5O6. The third-order valence-corrected chi connectivity index (χ3v) is 7.70. The number of likely N-dealkylation sites (tertiary alicyclic amines) is 1. The quantitative estimate of drug-likeness (QED) is 0.297. The minimum Gasteiger partial charge on any atom is -0.481 e. The smallest absolute Gasteiger partial charge is 0.305 e. The van der Waals surface area contributed by atoms with Crippen molar-refractivity contribution >= 4 is 23.5 Å². The van der Waals surface area contributed by atoms with Crippen LogP contribution < -0.4 is 10.6 Å². The van der Waals surface area contributed by atoms with Crippen LogP contribution in [-0.2, 0) is 14.4 Å². The first-order chi connectivity index (χ1) is 19.2. The highest BCUT2D eigenvalue weighted by molar-refractivity contribution is 5.82. The molecular weight excluding hydrogens is 521 g/mol. The number of nitrogens with one attached hydrogen (secondary N) is 2. The van der Waals surface area contributed by atoms with E-state index in [1.165, 1.54) is 18.5 Å². The molecule has 12 heteroatoms. The van der Waals surface area contributed by atoms with Crippen LogP contribution in [0.3, 0.4) is 0 Å². The molecule has 0 bridgehead atoms. The number of pyridine rings is 1. The molecule has 40 heavy (non-hydrogen) atoms. The Kier molecular flexibility index (Phi) is 9.75. The van der Waals surface area contributed by atoms with Gasteiger partial charge in [0.15, 0.2) is 0 Å². The second-order valence-corrected chi connectivity index (χ2v) is 10.5. The van der Waals surface area contributed by atoms with Crippen LogP contribution in [0.2, 0.25) is 0 Å². The van der Waals surface area contributed by atoms with E-state index in [2.05, 4.69) is 15.6 Å². The molecule has 2 amide bonds. The number of nitro benzene ring substituents is 1. The number of halogens is 1. The average molecular weight is 556 g/mol. The van der Waals surface area contributed by atoms with Gasteiger partial charge in [-0.1, -0.05) is 6.07 Å². The number of hydrogen-bond donors (Lipinski definition) is 3. The van der Waals surface area contributed by atoms with Crippen LogP contribution in [0.4, 0.5) is 10.1 Å². The van der Waals surface area contributed by atoms with Gasteiger partial charge in [0.25, 0.3) is 0 Å². The molecule has 2 aliphatic heterocycles. The molecule has 0 aliphatic carbocycles. The molecule has 0 spiro atoms. The second-order valence-electron chi connectivity index (χ2n) is 10.5. The minimum atomic E-state index is -1.13. The topological polar surface area (TPSA) is 155 Å². The summed E-state index contributed by atoms with van der Waals surface area (Å²) in [5, 5.41) is 26.8. The normalized spacial score (nSPS) is 18.6. The summed E-state index contributed by atoms with van der Waals surface area (Å²) in [6.07, 6.45) is 7.14. The SMILES string of the molecule is O=C(O)C[C@H](NC(=O)[C@@H]1CCCN(C(=O)CCC2CCNCC2)C1)c1cncc(-c2ccc(F)c([N+](=O)[O-])c2)c1. The largest absolute Gasteiger partial charge is 0.481 e. The molecule has 11 nitrogen and oxygen atoms in total. The zero-order chi connectivity index (χ0) is 28.6. The van der Waals surface area contributed by atoms with Gasteiger partial charge in [0.1, 0.15) is 0 Å². The zero-order valence-electron chi connectivity index (χ0n) is 22.2. The van der Waals surface area contributed by atoms with Gasteiger partial charge in [-0.25, -0.2) is 0 Å². The Balaban J connectivity index is 1.43. The first-order valence-corrected chi connectivity index (χ1v) is 13.6. The summed E-state index contributed by atoms with van der Waals surface area (Å²) in [4.78, 5) is 54.0. The molecule has 2 atom stereocenters. The summed E-state index contributed by atoms with van der Waals surface area (Å²) in [5.74, 6) is -2.33. The number of carbonyl (C=O) groups is 3. The Bertz CT molecular complexity index is 1250. The number of carbonyl (C=O) groups excluding carboxylic acids is 2. The predicted octanol–water partition coefficient (Wildman–Crippen LogP) is 3.45. The van der Waals surface area contributed by atoms with E-state index in [1.54, 1.807) is 11.0 Å². The maximum atomic E-state index is 13.8. The molecule has 1 aromatic heterocycles. The minimum absolute atomic E-state index is 0.0448. The van der Waals surface area contributed by atoms with Crippen LogP contribution in [0.1, 0.15) is 56.6 Å². The lowest BCUT2D eigenvalue weighted by atomic mass is 9.92. The number of aliphatic carboxylic acids is 1. The third-order valence-electron chi connectivity index (χ3n) is 7.70. The van der Waals surface area contributed by atoms with Crippen molar-refractivity contribution in [1.82, 2.24) is 20.5 Å². The van der Waals surface area contributed by atoms with E-state index in [0.29, 0.717) is 48.4 Å². The summed E-state index contributed by atoms with van der Waals surface area (Å²) >= 11 is 0. The highest BCUT2D eigenvalue weighted by atomic mass is 19.1. The average Bonchev–Trinajstić information content (AvgIpc) is 2.96. The van der Waals surface area contributed by atoms with E-state index < -0.39 is 40.8 Å². The number of benzene rings is 1. The lowest BCUT2D eigenvalue weighted by molar-refractivity contribution is -0.387. The van der Waals surface area contributed by atoms with Gasteiger partial charge in [0.05, 0.1) is 23.3 Å². The van der Waals surface area contributed by atoms with Crippen molar-refractivity contribution in [3.8, 4) is 11.1 Å². The molecule has 3 heterocycles. The predicted molar refractivity (Wildman–Crippen MR) is 144 cm³/mol. The van der Waals surface area contributed by atoms with Gasteiger partial charge in [-0.2, -0.15) is 4.39 Å². The number of amides is 2. The van der Waals surface area contributed by atoms with Gasteiger partial charge >= 0.3 is 11.7 Å².